The zero-order chi connectivity index (χ0) is 21.2. The van der Waals surface area contributed by atoms with Gasteiger partial charge in [0.1, 0.15) is 5.75 Å². The van der Waals surface area contributed by atoms with Crippen LogP contribution in [0.3, 0.4) is 0 Å². The summed E-state index contributed by atoms with van der Waals surface area (Å²) in [4.78, 5) is 38.6. The molecule has 4 amide bonds. The average Bonchev–Trinajstić information content (AvgIpc) is 2.68. The van der Waals surface area contributed by atoms with Crippen LogP contribution in [0.15, 0.2) is 53.4 Å². The molecule has 0 heterocycles. The summed E-state index contributed by atoms with van der Waals surface area (Å²) >= 11 is 1.53. The molecule has 0 atom stereocenters. The van der Waals surface area contributed by atoms with Crippen molar-refractivity contribution >= 4 is 41.0 Å². The number of hydrogen-bond donors (Lipinski definition) is 3. The molecule has 29 heavy (non-hydrogen) atoms. The summed E-state index contributed by atoms with van der Waals surface area (Å²) < 4.78 is 5.04. The van der Waals surface area contributed by atoms with E-state index in [1.165, 1.54) is 16.7 Å². The predicted molar refractivity (Wildman–Crippen MR) is 115 cm³/mol. The molecule has 0 fully saturated rings. The second-order valence-corrected chi connectivity index (χ2v) is 7.00. The van der Waals surface area contributed by atoms with Crippen LogP contribution in [0.4, 0.5) is 16.2 Å². The fourth-order valence-corrected chi connectivity index (χ4v) is 3.04. The highest BCUT2D eigenvalue weighted by atomic mass is 32.2. The van der Waals surface area contributed by atoms with Crippen molar-refractivity contribution < 1.29 is 19.1 Å². The standard InChI is InChI=1S/C20H24N4O4S/c1-24(12-18(25)22-16-6-4-5-7-17(16)29-3)13-19(26)23-20(27)21-14-8-10-15(28-2)11-9-14/h4-11H,12-13H2,1-3H3,(H,22,25)(H2,21,23,26,27). The van der Waals surface area contributed by atoms with Gasteiger partial charge in [0.2, 0.25) is 11.8 Å². The number of rotatable bonds is 8. The quantitative estimate of drug-likeness (QED) is 0.572. The zero-order valence-corrected chi connectivity index (χ0v) is 17.3. The highest BCUT2D eigenvalue weighted by Gasteiger charge is 2.14. The van der Waals surface area contributed by atoms with Crippen molar-refractivity contribution in [2.24, 2.45) is 0 Å². The Morgan fingerprint density at radius 3 is 2.28 bits per heavy atom. The van der Waals surface area contributed by atoms with Crippen molar-refractivity contribution in [3.8, 4) is 5.75 Å². The molecule has 154 valence electrons. The van der Waals surface area contributed by atoms with E-state index in [9.17, 15) is 14.4 Å². The number of para-hydroxylation sites is 1. The van der Waals surface area contributed by atoms with Gasteiger partial charge in [0.15, 0.2) is 0 Å². The van der Waals surface area contributed by atoms with Crippen LogP contribution in [-0.4, -0.2) is 56.2 Å². The first-order valence-corrected chi connectivity index (χ1v) is 10.00. The Labute approximate surface area is 174 Å². The lowest BCUT2D eigenvalue weighted by molar-refractivity contribution is -0.122. The van der Waals surface area contributed by atoms with Crippen LogP contribution in [0, 0.1) is 0 Å². The van der Waals surface area contributed by atoms with Crippen LogP contribution in [0.5, 0.6) is 5.75 Å². The highest BCUT2D eigenvalue weighted by Crippen LogP contribution is 2.24. The summed E-state index contributed by atoms with van der Waals surface area (Å²) in [7, 11) is 3.17. The normalized spacial score (nSPS) is 10.3. The minimum absolute atomic E-state index is 0.0102. The summed E-state index contributed by atoms with van der Waals surface area (Å²) in [5.41, 5.74) is 1.25. The fourth-order valence-electron chi connectivity index (χ4n) is 2.49. The topological polar surface area (TPSA) is 99.8 Å². The first-order chi connectivity index (χ1) is 13.9. The highest BCUT2D eigenvalue weighted by molar-refractivity contribution is 7.98. The Kier molecular flexibility index (Phi) is 8.50. The lowest BCUT2D eigenvalue weighted by Crippen LogP contribution is -2.42. The molecule has 2 aromatic carbocycles. The number of carbonyl (C=O) groups is 3. The summed E-state index contributed by atoms with van der Waals surface area (Å²) in [5.74, 6) is -0.104. The molecule has 3 N–H and O–H groups in total. The van der Waals surface area contributed by atoms with Crippen LogP contribution in [0.2, 0.25) is 0 Å². The van der Waals surface area contributed by atoms with Crippen molar-refractivity contribution in [2.45, 2.75) is 4.90 Å². The van der Waals surface area contributed by atoms with E-state index in [0.29, 0.717) is 11.4 Å². The number of benzene rings is 2. The number of amides is 4. The third kappa shape index (κ3) is 7.47. The zero-order valence-electron chi connectivity index (χ0n) is 16.5. The smallest absolute Gasteiger partial charge is 0.325 e. The maximum atomic E-state index is 12.2. The predicted octanol–water partition coefficient (Wildman–Crippen LogP) is 2.64. The lowest BCUT2D eigenvalue weighted by Gasteiger charge is -2.16. The number of urea groups is 1. The molecule has 2 rings (SSSR count). The Balaban J connectivity index is 1.77. The monoisotopic (exact) mass is 416 g/mol. The largest absolute Gasteiger partial charge is 0.497 e. The molecule has 0 saturated carbocycles. The van der Waals surface area contributed by atoms with Crippen LogP contribution < -0.4 is 20.7 Å². The molecule has 0 aromatic heterocycles. The Hall–Kier alpha value is -3.04. The van der Waals surface area contributed by atoms with Gasteiger partial charge in [-0.1, -0.05) is 12.1 Å². The van der Waals surface area contributed by atoms with Gasteiger partial charge in [-0.25, -0.2) is 4.79 Å². The Morgan fingerprint density at radius 1 is 0.966 bits per heavy atom. The average molecular weight is 417 g/mol. The van der Waals surface area contributed by atoms with Gasteiger partial charge in [0.25, 0.3) is 0 Å². The van der Waals surface area contributed by atoms with Gasteiger partial charge >= 0.3 is 6.03 Å². The van der Waals surface area contributed by atoms with Crippen molar-refractivity contribution in [3.05, 3.63) is 48.5 Å². The molecule has 0 aliphatic carbocycles. The van der Waals surface area contributed by atoms with E-state index in [4.69, 9.17) is 4.74 Å². The second-order valence-electron chi connectivity index (χ2n) is 6.15. The van der Waals surface area contributed by atoms with Gasteiger partial charge < -0.3 is 15.4 Å². The molecule has 0 radical (unpaired) electrons. The van der Waals surface area contributed by atoms with Crippen LogP contribution in [0.25, 0.3) is 0 Å². The molecule has 2 aromatic rings. The van der Waals surface area contributed by atoms with Crippen molar-refractivity contribution in [3.63, 3.8) is 0 Å². The Morgan fingerprint density at radius 2 is 1.62 bits per heavy atom. The summed E-state index contributed by atoms with van der Waals surface area (Å²) in [6, 6.07) is 13.5. The van der Waals surface area contributed by atoms with Gasteiger partial charge in [-0.05, 0) is 49.7 Å². The number of nitrogens with one attached hydrogen (secondary N) is 3. The summed E-state index contributed by atoms with van der Waals surface area (Å²) in [6.45, 7) is -0.0934. The minimum atomic E-state index is -0.646. The third-order valence-electron chi connectivity index (χ3n) is 3.81. The molecule has 0 spiro atoms. The first kappa shape index (κ1) is 22.3. The number of ether oxygens (including phenoxy) is 1. The summed E-state index contributed by atoms with van der Waals surface area (Å²) in [6.07, 6.45) is 1.93. The number of carbonyl (C=O) groups excluding carboxylic acids is 3. The molecule has 8 nitrogen and oxygen atoms in total. The van der Waals surface area contributed by atoms with Gasteiger partial charge in [-0.3, -0.25) is 19.8 Å². The summed E-state index contributed by atoms with van der Waals surface area (Å²) in [5, 5.41) is 7.61. The Bertz CT molecular complexity index is 858. The maximum Gasteiger partial charge on any atom is 0.325 e. The lowest BCUT2D eigenvalue weighted by atomic mass is 10.3. The molecule has 0 bridgehead atoms. The number of anilines is 2. The number of nitrogens with zero attached hydrogens (tertiary/aromatic N) is 1. The van der Waals surface area contributed by atoms with Gasteiger partial charge in [-0.2, -0.15) is 0 Å². The maximum absolute atomic E-state index is 12.2. The molecule has 0 aliphatic rings. The first-order valence-electron chi connectivity index (χ1n) is 8.77. The number of thioether (sulfide) groups is 1. The molecular formula is C20H24N4O4S. The van der Waals surface area contributed by atoms with E-state index in [2.05, 4.69) is 16.0 Å². The van der Waals surface area contributed by atoms with Crippen LogP contribution in [0.1, 0.15) is 0 Å². The van der Waals surface area contributed by atoms with Crippen LogP contribution in [-0.2, 0) is 9.59 Å². The van der Waals surface area contributed by atoms with E-state index >= 15 is 0 Å². The van der Waals surface area contributed by atoms with Crippen molar-refractivity contribution in [1.82, 2.24) is 10.2 Å². The van der Waals surface area contributed by atoms with Gasteiger partial charge in [0, 0.05) is 10.6 Å². The van der Waals surface area contributed by atoms with Crippen molar-refractivity contribution in [2.75, 3.05) is 44.1 Å². The van der Waals surface area contributed by atoms with E-state index in [1.54, 1.807) is 38.4 Å². The van der Waals surface area contributed by atoms with Crippen LogP contribution >= 0.6 is 11.8 Å². The molecule has 0 saturated heterocycles. The SMILES string of the molecule is COc1ccc(NC(=O)NC(=O)CN(C)CC(=O)Nc2ccccc2SC)cc1. The van der Waals surface area contributed by atoms with Crippen molar-refractivity contribution in [1.29, 1.82) is 0 Å². The number of imide groups is 1. The van der Waals surface area contributed by atoms with E-state index in [1.807, 2.05) is 30.5 Å². The molecule has 9 heteroatoms. The number of methoxy groups -OCH3 is 1. The van der Waals surface area contributed by atoms with Gasteiger partial charge in [-0.15, -0.1) is 11.8 Å². The third-order valence-corrected chi connectivity index (χ3v) is 4.60. The van der Waals surface area contributed by atoms with E-state index in [-0.39, 0.29) is 19.0 Å². The second kappa shape index (κ2) is 11.1. The molecule has 0 aliphatic heterocycles. The van der Waals surface area contributed by atoms with E-state index in [0.717, 1.165) is 10.6 Å². The minimum Gasteiger partial charge on any atom is -0.497 e. The molecule has 0 unspecified atom stereocenters. The number of hydrogen-bond acceptors (Lipinski definition) is 6. The van der Waals surface area contributed by atoms with Gasteiger partial charge in [0.05, 0.1) is 25.9 Å². The number of likely N-dealkylation sites (N-methyl/N-ethyl adjacent to an activating group) is 1. The molecular weight excluding hydrogens is 392 g/mol. The fraction of sp³-hybridized carbons (Fsp3) is 0.250. The van der Waals surface area contributed by atoms with E-state index < -0.39 is 11.9 Å².